The fourth-order valence-corrected chi connectivity index (χ4v) is 3.79. The van der Waals surface area contributed by atoms with Gasteiger partial charge in [0.25, 0.3) is 0 Å². The standard InChI is InChI=1S/C22H24N2O3/c23-21(26)20(17-12-7-13-18(25)14-17)24-22(27)19(15-8-3-1-4-9-15)16-10-5-2-6-11-16/h1-6,8-11,17,19-20H,7,12-14H2,(H2,23,26)(H,24,27)/t17-,20+/m1/s1. The van der Waals surface area contributed by atoms with Gasteiger partial charge in [-0.25, -0.2) is 0 Å². The molecule has 0 heterocycles. The van der Waals surface area contributed by atoms with Crippen molar-refractivity contribution in [2.24, 2.45) is 11.7 Å². The zero-order chi connectivity index (χ0) is 19.2. The predicted octanol–water partition coefficient (Wildman–Crippen LogP) is 2.55. The molecule has 3 rings (SSSR count). The Hall–Kier alpha value is -2.95. The van der Waals surface area contributed by atoms with Gasteiger partial charge in [-0.15, -0.1) is 0 Å². The van der Waals surface area contributed by atoms with Gasteiger partial charge >= 0.3 is 0 Å². The number of nitrogens with one attached hydrogen (secondary N) is 1. The molecular weight excluding hydrogens is 340 g/mol. The summed E-state index contributed by atoms with van der Waals surface area (Å²) in [6.07, 6.45) is 2.26. The van der Waals surface area contributed by atoms with Crippen molar-refractivity contribution in [1.29, 1.82) is 0 Å². The Kier molecular flexibility index (Phi) is 6.01. The maximum absolute atomic E-state index is 13.2. The highest BCUT2D eigenvalue weighted by atomic mass is 16.2. The van der Waals surface area contributed by atoms with Crippen molar-refractivity contribution in [2.45, 2.75) is 37.6 Å². The van der Waals surface area contributed by atoms with E-state index in [-0.39, 0.29) is 24.0 Å². The van der Waals surface area contributed by atoms with Gasteiger partial charge < -0.3 is 11.1 Å². The molecule has 140 valence electrons. The van der Waals surface area contributed by atoms with Crippen LogP contribution in [0, 0.1) is 5.92 Å². The Balaban J connectivity index is 1.87. The first-order valence-corrected chi connectivity index (χ1v) is 9.27. The first-order valence-electron chi connectivity index (χ1n) is 9.27. The number of ketones is 1. The van der Waals surface area contributed by atoms with Crippen LogP contribution in [-0.2, 0) is 14.4 Å². The number of hydrogen-bond acceptors (Lipinski definition) is 3. The second-order valence-electron chi connectivity index (χ2n) is 7.04. The van der Waals surface area contributed by atoms with Gasteiger partial charge in [-0.2, -0.15) is 0 Å². The summed E-state index contributed by atoms with van der Waals surface area (Å²) in [5.74, 6) is -1.54. The minimum atomic E-state index is -0.836. The first-order chi connectivity index (χ1) is 13.1. The molecule has 2 amide bonds. The Bertz CT molecular complexity index is 765. The van der Waals surface area contributed by atoms with Crippen molar-refractivity contribution in [3.05, 3.63) is 71.8 Å². The number of primary amides is 1. The summed E-state index contributed by atoms with van der Waals surface area (Å²) in [5, 5.41) is 2.84. The van der Waals surface area contributed by atoms with Crippen molar-refractivity contribution < 1.29 is 14.4 Å². The molecule has 1 saturated carbocycles. The van der Waals surface area contributed by atoms with Crippen molar-refractivity contribution in [2.75, 3.05) is 0 Å². The van der Waals surface area contributed by atoms with Gasteiger partial charge in [0.15, 0.2) is 0 Å². The van der Waals surface area contributed by atoms with E-state index >= 15 is 0 Å². The van der Waals surface area contributed by atoms with Gasteiger partial charge in [-0.3, -0.25) is 14.4 Å². The highest BCUT2D eigenvalue weighted by Crippen LogP contribution is 2.28. The van der Waals surface area contributed by atoms with Crippen LogP contribution in [0.3, 0.4) is 0 Å². The molecule has 0 bridgehead atoms. The zero-order valence-corrected chi connectivity index (χ0v) is 15.1. The Morgan fingerprint density at radius 1 is 0.963 bits per heavy atom. The maximum Gasteiger partial charge on any atom is 0.240 e. The molecule has 1 aliphatic rings. The summed E-state index contributed by atoms with van der Waals surface area (Å²) in [6.45, 7) is 0. The molecule has 0 unspecified atom stereocenters. The number of carbonyl (C=O) groups is 3. The number of carbonyl (C=O) groups excluding carboxylic acids is 3. The quantitative estimate of drug-likeness (QED) is 0.825. The third-order valence-corrected chi connectivity index (χ3v) is 5.12. The summed E-state index contributed by atoms with van der Waals surface area (Å²) in [6, 6.07) is 18.0. The number of amides is 2. The number of nitrogens with two attached hydrogens (primary N) is 1. The van der Waals surface area contributed by atoms with E-state index in [4.69, 9.17) is 5.73 Å². The molecule has 0 aromatic heterocycles. The average Bonchev–Trinajstić information content (AvgIpc) is 2.68. The Morgan fingerprint density at radius 2 is 1.52 bits per heavy atom. The van der Waals surface area contributed by atoms with Crippen LogP contribution in [0.1, 0.15) is 42.7 Å². The predicted molar refractivity (Wildman–Crippen MR) is 103 cm³/mol. The second-order valence-corrected chi connectivity index (χ2v) is 7.04. The summed E-state index contributed by atoms with van der Waals surface area (Å²) in [4.78, 5) is 37.0. The van der Waals surface area contributed by atoms with E-state index in [0.717, 1.165) is 17.5 Å². The molecule has 2 aromatic carbocycles. The third kappa shape index (κ3) is 4.61. The van der Waals surface area contributed by atoms with E-state index in [0.29, 0.717) is 12.8 Å². The topological polar surface area (TPSA) is 89.3 Å². The van der Waals surface area contributed by atoms with Crippen molar-refractivity contribution >= 4 is 17.6 Å². The van der Waals surface area contributed by atoms with E-state index in [1.165, 1.54) is 0 Å². The number of Topliss-reactive ketones (excluding diaryl/α,β-unsaturated/α-hetero) is 1. The first kappa shape index (κ1) is 18.8. The molecule has 2 aromatic rings. The largest absolute Gasteiger partial charge is 0.368 e. The van der Waals surface area contributed by atoms with Gasteiger partial charge in [0.1, 0.15) is 11.8 Å². The fraction of sp³-hybridized carbons (Fsp3) is 0.318. The SMILES string of the molecule is NC(=O)[C@@H](NC(=O)C(c1ccccc1)c1ccccc1)[C@@H]1CCCC(=O)C1. The lowest BCUT2D eigenvalue weighted by Crippen LogP contribution is -2.51. The molecule has 0 aliphatic heterocycles. The molecule has 1 aliphatic carbocycles. The third-order valence-electron chi connectivity index (χ3n) is 5.12. The van der Waals surface area contributed by atoms with Gasteiger partial charge in [-0.1, -0.05) is 60.7 Å². The van der Waals surface area contributed by atoms with E-state index < -0.39 is 17.9 Å². The smallest absolute Gasteiger partial charge is 0.240 e. The van der Waals surface area contributed by atoms with Crippen molar-refractivity contribution in [1.82, 2.24) is 5.32 Å². The zero-order valence-electron chi connectivity index (χ0n) is 15.1. The van der Waals surface area contributed by atoms with Gasteiger partial charge in [0.05, 0.1) is 5.92 Å². The normalized spacial score (nSPS) is 18.1. The summed E-state index contributed by atoms with van der Waals surface area (Å²) >= 11 is 0. The Labute approximate surface area is 159 Å². The monoisotopic (exact) mass is 364 g/mol. The minimum Gasteiger partial charge on any atom is -0.368 e. The molecule has 3 N–H and O–H groups in total. The van der Waals surface area contributed by atoms with Crippen LogP contribution in [-0.4, -0.2) is 23.6 Å². The molecule has 0 spiro atoms. The highest BCUT2D eigenvalue weighted by molar-refractivity contribution is 5.92. The maximum atomic E-state index is 13.2. The van der Waals surface area contributed by atoms with E-state index in [1.54, 1.807) is 0 Å². The second kappa shape index (κ2) is 8.62. The number of hydrogen-bond donors (Lipinski definition) is 2. The molecule has 5 heteroatoms. The molecule has 27 heavy (non-hydrogen) atoms. The van der Waals surface area contributed by atoms with Gasteiger partial charge in [0, 0.05) is 12.8 Å². The van der Waals surface area contributed by atoms with Crippen LogP contribution in [0.25, 0.3) is 0 Å². The van der Waals surface area contributed by atoms with E-state index in [9.17, 15) is 14.4 Å². The van der Waals surface area contributed by atoms with Crippen LogP contribution in [0.15, 0.2) is 60.7 Å². The molecule has 1 fully saturated rings. The number of rotatable bonds is 6. The molecule has 2 atom stereocenters. The lowest BCUT2D eigenvalue weighted by Gasteiger charge is -2.29. The molecule has 0 saturated heterocycles. The van der Waals surface area contributed by atoms with Crippen LogP contribution in [0.5, 0.6) is 0 Å². The summed E-state index contributed by atoms with van der Waals surface area (Å²) in [5.41, 5.74) is 7.25. The van der Waals surface area contributed by atoms with Crippen LogP contribution in [0.2, 0.25) is 0 Å². The molecule has 5 nitrogen and oxygen atoms in total. The van der Waals surface area contributed by atoms with Crippen molar-refractivity contribution in [3.8, 4) is 0 Å². The highest BCUT2D eigenvalue weighted by Gasteiger charge is 2.34. The van der Waals surface area contributed by atoms with E-state index in [2.05, 4.69) is 5.32 Å². The van der Waals surface area contributed by atoms with Gasteiger partial charge in [-0.05, 0) is 29.9 Å². The molecular formula is C22H24N2O3. The minimum absolute atomic E-state index is 0.120. The lowest BCUT2D eigenvalue weighted by atomic mass is 9.82. The van der Waals surface area contributed by atoms with Crippen LogP contribution < -0.4 is 11.1 Å². The van der Waals surface area contributed by atoms with Crippen LogP contribution >= 0.6 is 0 Å². The summed E-state index contributed by atoms with van der Waals surface area (Å²) in [7, 11) is 0. The Morgan fingerprint density at radius 3 is 2.00 bits per heavy atom. The van der Waals surface area contributed by atoms with E-state index in [1.807, 2.05) is 60.7 Å². The van der Waals surface area contributed by atoms with Crippen molar-refractivity contribution in [3.63, 3.8) is 0 Å². The fourth-order valence-electron chi connectivity index (χ4n) is 3.79. The average molecular weight is 364 g/mol. The van der Waals surface area contributed by atoms with Gasteiger partial charge in [0.2, 0.25) is 11.8 Å². The molecule has 0 radical (unpaired) electrons. The number of benzene rings is 2. The van der Waals surface area contributed by atoms with Crippen LogP contribution in [0.4, 0.5) is 0 Å². The summed E-state index contributed by atoms with van der Waals surface area (Å²) < 4.78 is 0. The lowest BCUT2D eigenvalue weighted by molar-refractivity contribution is -0.130.